The van der Waals surface area contributed by atoms with Gasteiger partial charge in [-0.3, -0.25) is 4.79 Å². The topological polar surface area (TPSA) is 41.6 Å². The van der Waals surface area contributed by atoms with E-state index >= 15 is 0 Å². The molecule has 1 saturated heterocycles. The van der Waals surface area contributed by atoms with E-state index in [1.54, 1.807) is 0 Å². The molecular formula is C21H25ClN2O2. The molecule has 26 heavy (non-hydrogen) atoms. The van der Waals surface area contributed by atoms with Crippen molar-refractivity contribution in [3.63, 3.8) is 0 Å². The zero-order chi connectivity index (χ0) is 18.4. The first-order chi connectivity index (χ1) is 12.6. The summed E-state index contributed by atoms with van der Waals surface area (Å²) in [4.78, 5) is 14.9. The number of amides is 1. The van der Waals surface area contributed by atoms with Crippen molar-refractivity contribution >= 4 is 17.5 Å². The van der Waals surface area contributed by atoms with Gasteiger partial charge in [-0.05, 0) is 56.1 Å². The van der Waals surface area contributed by atoms with Gasteiger partial charge in [0.2, 0.25) is 0 Å². The van der Waals surface area contributed by atoms with Gasteiger partial charge in [-0.2, -0.15) is 0 Å². The van der Waals surface area contributed by atoms with Gasteiger partial charge in [0.1, 0.15) is 5.75 Å². The molecule has 2 atom stereocenters. The Bertz CT molecular complexity index is 700. The van der Waals surface area contributed by atoms with Gasteiger partial charge in [0.15, 0.2) is 6.10 Å². The van der Waals surface area contributed by atoms with E-state index in [1.165, 1.54) is 0 Å². The van der Waals surface area contributed by atoms with E-state index < -0.39 is 6.10 Å². The second-order valence-corrected chi connectivity index (χ2v) is 7.15. The van der Waals surface area contributed by atoms with Crippen molar-refractivity contribution in [1.82, 2.24) is 10.2 Å². The number of carbonyl (C=O) groups is 1. The van der Waals surface area contributed by atoms with Gasteiger partial charge in [-0.15, -0.1) is 0 Å². The Hall–Kier alpha value is -2.04. The van der Waals surface area contributed by atoms with Gasteiger partial charge < -0.3 is 15.0 Å². The molecule has 0 radical (unpaired) electrons. The Morgan fingerprint density at radius 2 is 1.96 bits per heavy atom. The molecule has 0 saturated carbocycles. The van der Waals surface area contributed by atoms with Crippen LogP contribution in [0.2, 0.25) is 5.02 Å². The molecule has 1 amide bonds. The van der Waals surface area contributed by atoms with Crippen LogP contribution in [-0.2, 0) is 11.3 Å². The van der Waals surface area contributed by atoms with Crippen molar-refractivity contribution in [2.24, 2.45) is 0 Å². The van der Waals surface area contributed by atoms with Crippen LogP contribution in [0.25, 0.3) is 0 Å². The molecule has 0 bridgehead atoms. The number of ether oxygens (including phenoxy) is 1. The van der Waals surface area contributed by atoms with Crippen molar-refractivity contribution in [3.8, 4) is 5.75 Å². The predicted molar refractivity (Wildman–Crippen MR) is 104 cm³/mol. The minimum Gasteiger partial charge on any atom is -0.481 e. The fourth-order valence-corrected chi connectivity index (χ4v) is 3.36. The average molecular weight is 373 g/mol. The molecular weight excluding hydrogens is 348 g/mol. The van der Waals surface area contributed by atoms with Crippen LogP contribution in [0, 0.1) is 0 Å². The first kappa shape index (κ1) is 18.7. The second-order valence-electron chi connectivity index (χ2n) is 6.71. The molecule has 1 aliphatic heterocycles. The summed E-state index contributed by atoms with van der Waals surface area (Å²) < 4.78 is 5.85. The highest BCUT2D eigenvalue weighted by atomic mass is 35.5. The third kappa shape index (κ3) is 5.23. The van der Waals surface area contributed by atoms with Crippen molar-refractivity contribution in [2.75, 3.05) is 13.1 Å². The van der Waals surface area contributed by atoms with E-state index in [1.807, 2.05) is 66.4 Å². The van der Waals surface area contributed by atoms with Crippen LogP contribution in [0.1, 0.15) is 25.3 Å². The molecule has 2 aromatic carbocycles. The fraction of sp³-hybridized carbons (Fsp3) is 0.381. The second kappa shape index (κ2) is 9.06. The monoisotopic (exact) mass is 372 g/mol. The normalized spacial score (nSPS) is 17.7. The summed E-state index contributed by atoms with van der Waals surface area (Å²) in [5.74, 6) is 0.705. The number of nitrogens with zero attached hydrogens (tertiary/aromatic N) is 1. The highest BCUT2D eigenvalue weighted by Crippen LogP contribution is 2.17. The zero-order valence-corrected chi connectivity index (χ0v) is 15.8. The maximum atomic E-state index is 13.1. The van der Waals surface area contributed by atoms with E-state index in [0.29, 0.717) is 29.9 Å². The maximum Gasteiger partial charge on any atom is 0.263 e. The molecule has 138 valence electrons. The summed E-state index contributed by atoms with van der Waals surface area (Å²) in [6.45, 7) is 4.07. The van der Waals surface area contributed by atoms with Crippen molar-refractivity contribution in [1.29, 1.82) is 0 Å². The summed E-state index contributed by atoms with van der Waals surface area (Å²) in [5.41, 5.74) is 1.06. The van der Waals surface area contributed by atoms with Crippen LogP contribution in [-0.4, -0.2) is 36.0 Å². The lowest BCUT2D eigenvalue weighted by Gasteiger charge is -2.29. The number of nitrogens with one attached hydrogen (secondary N) is 1. The van der Waals surface area contributed by atoms with Crippen molar-refractivity contribution in [3.05, 3.63) is 65.2 Å². The van der Waals surface area contributed by atoms with Crippen LogP contribution < -0.4 is 10.1 Å². The lowest BCUT2D eigenvalue weighted by Crippen LogP contribution is -2.45. The Kier molecular flexibility index (Phi) is 6.53. The van der Waals surface area contributed by atoms with Gasteiger partial charge in [0.05, 0.1) is 0 Å². The number of hydrogen-bond donors (Lipinski definition) is 1. The third-order valence-electron chi connectivity index (χ3n) is 4.61. The Labute approximate surface area is 160 Å². The smallest absolute Gasteiger partial charge is 0.263 e. The minimum absolute atomic E-state index is 0.00231. The molecule has 1 fully saturated rings. The third-order valence-corrected chi connectivity index (χ3v) is 4.86. The van der Waals surface area contributed by atoms with E-state index in [0.717, 1.165) is 24.9 Å². The van der Waals surface area contributed by atoms with Crippen LogP contribution in [0.3, 0.4) is 0 Å². The van der Waals surface area contributed by atoms with E-state index in [9.17, 15) is 4.79 Å². The summed E-state index contributed by atoms with van der Waals surface area (Å²) in [7, 11) is 0. The lowest BCUT2D eigenvalue weighted by molar-refractivity contribution is -0.139. The van der Waals surface area contributed by atoms with Crippen LogP contribution in [0.5, 0.6) is 5.75 Å². The predicted octanol–water partition coefficient (Wildman–Crippen LogP) is 3.89. The van der Waals surface area contributed by atoms with Gasteiger partial charge in [-0.25, -0.2) is 0 Å². The fourth-order valence-electron chi connectivity index (χ4n) is 3.23. The van der Waals surface area contributed by atoms with Crippen LogP contribution >= 0.6 is 11.6 Å². The SMILES string of the molecule is CC(Oc1ccccc1)C(=O)N(Cc1ccc(Cl)cc1)C[C@H]1CCCN1. The molecule has 5 heteroatoms. The molecule has 1 heterocycles. The van der Waals surface area contributed by atoms with E-state index in [2.05, 4.69) is 5.32 Å². The largest absolute Gasteiger partial charge is 0.481 e. The van der Waals surface area contributed by atoms with Crippen molar-refractivity contribution < 1.29 is 9.53 Å². The summed E-state index contributed by atoms with van der Waals surface area (Å²) >= 11 is 5.98. The number of halogens is 1. The molecule has 0 aliphatic carbocycles. The standard InChI is InChI=1S/C21H25ClN2O2/c1-16(26-20-7-3-2-4-8-20)21(25)24(15-19-6-5-13-23-19)14-17-9-11-18(22)12-10-17/h2-4,7-12,16,19,23H,5-6,13-15H2,1H3/t16?,19-/m1/s1. The van der Waals surface area contributed by atoms with E-state index in [4.69, 9.17) is 16.3 Å². The van der Waals surface area contributed by atoms with Crippen LogP contribution in [0.4, 0.5) is 0 Å². The Morgan fingerprint density at radius 1 is 1.23 bits per heavy atom. The quantitative estimate of drug-likeness (QED) is 0.801. The molecule has 1 aliphatic rings. The van der Waals surface area contributed by atoms with Gasteiger partial charge >= 0.3 is 0 Å². The van der Waals surface area contributed by atoms with Gasteiger partial charge in [0.25, 0.3) is 5.91 Å². The van der Waals surface area contributed by atoms with Crippen LogP contribution in [0.15, 0.2) is 54.6 Å². The average Bonchev–Trinajstić information content (AvgIpc) is 3.16. The summed E-state index contributed by atoms with van der Waals surface area (Å²) in [6, 6.07) is 17.5. The summed E-state index contributed by atoms with van der Waals surface area (Å²) in [6.07, 6.45) is 1.72. The highest BCUT2D eigenvalue weighted by Gasteiger charge is 2.26. The lowest BCUT2D eigenvalue weighted by atomic mass is 10.1. The zero-order valence-electron chi connectivity index (χ0n) is 15.0. The Balaban J connectivity index is 1.70. The van der Waals surface area contributed by atoms with Gasteiger partial charge in [-0.1, -0.05) is 41.9 Å². The molecule has 1 unspecified atom stereocenters. The first-order valence-corrected chi connectivity index (χ1v) is 9.48. The maximum absolute atomic E-state index is 13.1. The van der Waals surface area contributed by atoms with E-state index in [-0.39, 0.29) is 5.91 Å². The number of para-hydroxylation sites is 1. The number of benzene rings is 2. The Morgan fingerprint density at radius 3 is 2.62 bits per heavy atom. The number of carbonyl (C=O) groups excluding carboxylic acids is 1. The highest BCUT2D eigenvalue weighted by molar-refractivity contribution is 6.30. The molecule has 3 rings (SSSR count). The number of hydrogen-bond acceptors (Lipinski definition) is 3. The molecule has 1 N–H and O–H groups in total. The molecule has 0 spiro atoms. The molecule has 0 aromatic heterocycles. The minimum atomic E-state index is -0.536. The van der Waals surface area contributed by atoms with Gasteiger partial charge in [0, 0.05) is 24.2 Å². The first-order valence-electron chi connectivity index (χ1n) is 9.10. The summed E-state index contributed by atoms with van der Waals surface area (Å²) in [5, 5.41) is 4.17. The number of rotatable bonds is 7. The molecule has 4 nitrogen and oxygen atoms in total. The molecule has 2 aromatic rings. The van der Waals surface area contributed by atoms with Crippen molar-refractivity contribution in [2.45, 2.75) is 38.5 Å².